The summed E-state index contributed by atoms with van der Waals surface area (Å²) in [6.45, 7) is 6.49. The van der Waals surface area contributed by atoms with Crippen molar-refractivity contribution < 1.29 is 9.59 Å². The summed E-state index contributed by atoms with van der Waals surface area (Å²) >= 11 is 0. The van der Waals surface area contributed by atoms with Crippen molar-refractivity contribution in [2.24, 2.45) is 28.6 Å². The van der Waals surface area contributed by atoms with Crippen LogP contribution in [0.4, 0.5) is 0 Å². The average molecular weight is 312 g/mol. The van der Waals surface area contributed by atoms with E-state index in [0.29, 0.717) is 17.6 Å². The fourth-order valence-corrected chi connectivity index (χ4v) is 6.67. The maximum atomic E-state index is 12.1. The van der Waals surface area contributed by atoms with Crippen LogP contribution in [0.25, 0.3) is 0 Å². The molecule has 0 unspecified atom stereocenters. The number of carbonyl (C=O) groups is 2. The highest BCUT2D eigenvalue weighted by Gasteiger charge is 2.57. The standard InChI is InChI=1S/C21H28O2/c1-13(22)17-6-7-18-16-5-4-14-12-15(23)8-10-20(14,2)19(16)9-11-21(17,18)3/h6,12,16,18-19H,4-5,7-11H2,1-3H3/t16-,18+,19-,20-,21+/m0/s1. The van der Waals surface area contributed by atoms with Crippen LogP contribution in [0.1, 0.15) is 65.7 Å². The molecule has 23 heavy (non-hydrogen) atoms. The van der Waals surface area contributed by atoms with E-state index in [0.717, 1.165) is 43.6 Å². The van der Waals surface area contributed by atoms with Gasteiger partial charge in [0, 0.05) is 6.42 Å². The molecule has 0 bridgehead atoms. The van der Waals surface area contributed by atoms with Crippen molar-refractivity contribution in [2.45, 2.75) is 65.7 Å². The molecule has 124 valence electrons. The van der Waals surface area contributed by atoms with Crippen molar-refractivity contribution in [3.63, 3.8) is 0 Å². The molecule has 5 atom stereocenters. The zero-order valence-electron chi connectivity index (χ0n) is 14.7. The Labute approximate surface area is 139 Å². The van der Waals surface area contributed by atoms with Gasteiger partial charge in [-0.2, -0.15) is 0 Å². The van der Waals surface area contributed by atoms with Crippen LogP contribution in [0, 0.1) is 28.6 Å². The van der Waals surface area contributed by atoms with Crippen LogP contribution in [0.5, 0.6) is 0 Å². The Morgan fingerprint density at radius 3 is 2.61 bits per heavy atom. The minimum absolute atomic E-state index is 0.106. The summed E-state index contributed by atoms with van der Waals surface area (Å²) in [6, 6.07) is 0. The SMILES string of the molecule is CC(=O)C1=CC[C@@H]2[C@@H]3CCC4=CC(=O)CC[C@]4(C)[C@H]3CC[C@]12C. The van der Waals surface area contributed by atoms with E-state index in [-0.39, 0.29) is 16.6 Å². The third-order valence-electron chi connectivity index (χ3n) is 7.92. The van der Waals surface area contributed by atoms with Gasteiger partial charge < -0.3 is 0 Å². The lowest BCUT2D eigenvalue weighted by Crippen LogP contribution is -2.50. The van der Waals surface area contributed by atoms with Gasteiger partial charge >= 0.3 is 0 Å². The fraction of sp³-hybridized carbons (Fsp3) is 0.714. The number of ketones is 2. The molecule has 0 aromatic carbocycles. The van der Waals surface area contributed by atoms with Crippen molar-refractivity contribution in [1.82, 2.24) is 0 Å². The molecule has 0 N–H and O–H groups in total. The second kappa shape index (κ2) is 4.91. The molecule has 0 amide bonds. The predicted octanol–water partition coefficient (Wildman–Crippen LogP) is 4.64. The Balaban J connectivity index is 1.68. The highest BCUT2D eigenvalue weighted by molar-refractivity contribution is 5.95. The number of Topliss-reactive ketones (excluding diaryl/α,β-unsaturated/α-hetero) is 1. The monoisotopic (exact) mass is 312 g/mol. The fourth-order valence-electron chi connectivity index (χ4n) is 6.67. The van der Waals surface area contributed by atoms with Gasteiger partial charge in [0.2, 0.25) is 0 Å². The van der Waals surface area contributed by atoms with E-state index in [1.807, 2.05) is 6.08 Å². The molecule has 4 aliphatic carbocycles. The van der Waals surface area contributed by atoms with Crippen LogP contribution in [0.2, 0.25) is 0 Å². The van der Waals surface area contributed by atoms with E-state index >= 15 is 0 Å². The number of rotatable bonds is 1. The summed E-state index contributed by atoms with van der Waals surface area (Å²) in [4.78, 5) is 23.9. The van der Waals surface area contributed by atoms with Crippen LogP contribution in [-0.2, 0) is 9.59 Å². The molecule has 0 aromatic heterocycles. The molecule has 2 heteroatoms. The highest BCUT2D eigenvalue weighted by Crippen LogP contribution is 2.65. The summed E-state index contributed by atoms with van der Waals surface area (Å²) < 4.78 is 0. The van der Waals surface area contributed by atoms with Gasteiger partial charge in [-0.3, -0.25) is 9.59 Å². The largest absolute Gasteiger partial charge is 0.295 e. The number of carbonyl (C=O) groups excluding carboxylic acids is 2. The maximum Gasteiger partial charge on any atom is 0.156 e. The zero-order valence-corrected chi connectivity index (χ0v) is 14.7. The first kappa shape index (κ1) is 15.4. The Morgan fingerprint density at radius 1 is 1.09 bits per heavy atom. The van der Waals surface area contributed by atoms with E-state index in [1.165, 1.54) is 18.4 Å². The van der Waals surface area contributed by atoms with E-state index in [2.05, 4.69) is 19.9 Å². The number of hydrogen-bond donors (Lipinski definition) is 0. The Bertz CT molecular complexity index is 640. The molecule has 4 aliphatic rings. The third-order valence-corrected chi connectivity index (χ3v) is 7.92. The van der Waals surface area contributed by atoms with Gasteiger partial charge in [0.05, 0.1) is 0 Å². The average Bonchev–Trinajstić information content (AvgIpc) is 2.85. The number of hydrogen-bond acceptors (Lipinski definition) is 2. The zero-order chi connectivity index (χ0) is 16.4. The summed E-state index contributed by atoms with van der Waals surface area (Å²) in [5.74, 6) is 2.67. The summed E-state index contributed by atoms with van der Waals surface area (Å²) in [7, 11) is 0. The predicted molar refractivity (Wildman–Crippen MR) is 90.9 cm³/mol. The molecular formula is C21H28O2. The molecule has 2 fully saturated rings. The molecule has 4 rings (SSSR count). The van der Waals surface area contributed by atoms with Crippen molar-refractivity contribution in [3.8, 4) is 0 Å². The molecule has 2 saturated carbocycles. The second-order valence-electron chi connectivity index (χ2n) is 8.83. The van der Waals surface area contributed by atoms with Crippen molar-refractivity contribution in [2.75, 3.05) is 0 Å². The lowest BCUT2D eigenvalue weighted by atomic mass is 9.47. The van der Waals surface area contributed by atoms with Crippen LogP contribution in [0.3, 0.4) is 0 Å². The third kappa shape index (κ3) is 1.99. The molecule has 0 saturated heterocycles. The lowest BCUT2D eigenvalue weighted by Gasteiger charge is -2.57. The number of fused-ring (bicyclic) bond motifs is 5. The van der Waals surface area contributed by atoms with Crippen molar-refractivity contribution in [1.29, 1.82) is 0 Å². The quantitative estimate of drug-likeness (QED) is 0.706. The molecule has 0 spiro atoms. The van der Waals surface area contributed by atoms with E-state index in [1.54, 1.807) is 6.92 Å². The molecule has 2 nitrogen and oxygen atoms in total. The summed E-state index contributed by atoms with van der Waals surface area (Å²) in [5.41, 5.74) is 2.87. The summed E-state index contributed by atoms with van der Waals surface area (Å²) in [5, 5.41) is 0. The first-order valence-electron chi connectivity index (χ1n) is 9.32. The Morgan fingerprint density at radius 2 is 1.87 bits per heavy atom. The minimum Gasteiger partial charge on any atom is -0.295 e. The summed E-state index contributed by atoms with van der Waals surface area (Å²) in [6.07, 6.45) is 11.7. The second-order valence-corrected chi connectivity index (χ2v) is 8.83. The smallest absolute Gasteiger partial charge is 0.156 e. The van der Waals surface area contributed by atoms with Crippen LogP contribution < -0.4 is 0 Å². The molecule has 0 aromatic rings. The van der Waals surface area contributed by atoms with Crippen LogP contribution in [0.15, 0.2) is 23.3 Å². The van der Waals surface area contributed by atoms with E-state index in [9.17, 15) is 9.59 Å². The molecule has 0 aliphatic heterocycles. The van der Waals surface area contributed by atoms with E-state index < -0.39 is 0 Å². The molecule has 0 heterocycles. The maximum absolute atomic E-state index is 12.1. The Kier molecular flexibility index (Phi) is 3.28. The van der Waals surface area contributed by atoms with Gasteiger partial charge in [-0.1, -0.05) is 25.5 Å². The van der Waals surface area contributed by atoms with Gasteiger partial charge in [0.15, 0.2) is 11.6 Å². The Hall–Kier alpha value is -1.18. The van der Waals surface area contributed by atoms with Crippen LogP contribution >= 0.6 is 0 Å². The van der Waals surface area contributed by atoms with E-state index in [4.69, 9.17) is 0 Å². The van der Waals surface area contributed by atoms with Crippen molar-refractivity contribution >= 4 is 11.6 Å². The molecular weight excluding hydrogens is 284 g/mol. The normalized spacial score (nSPS) is 45.5. The highest BCUT2D eigenvalue weighted by atomic mass is 16.1. The van der Waals surface area contributed by atoms with Gasteiger partial charge in [0.25, 0.3) is 0 Å². The van der Waals surface area contributed by atoms with Gasteiger partial charge in [-0.05, 0) is 85.7 Å². The topological polar surface area (TPSA) is 34.1 Å². The van der Waals surface area contributed by atoms with Gasteiger partial charge in [-0.15, -0.1) is 0 Å². The number of allylic oxidation sites excluding steroid dienone is 4. The van der Waals surface area contributed by atoms with Gasteiger partial charge in [-0.25, -0.2) is 0 Å². The molecule has 0 radical (unpaired) electrons. The lowest BCUT2D eigenvalue weighted by molar-refractivity contribution is -0.118. The van der Waals surface area contributed by atoms with Crippen LogP contribution in [-0.4, -0.2) is 11.6 Å². The first-order valence-corrected chi connectivity index (χ1v) is 9.32. The minimum atomic E-state index is 0.106. The first-order chi connectivity index (χ1) is 10.9. The van der Waals surface area contributed by atoms with Gasteiger partial charge in [0.1, 0.15) is 0 Å². The van der Waals surface area contributed by atoms with Crippen molar-refractivity contribution in [3.05, 3.63) is 23.3 Å².